The third kappa shape index (κ3) is 4.93. The second kappa shape index (κ2) is 7.40. The summed E-state index contributed by atoms with van der Waals surface area (Å²) in [5, 5.41) is 3.29. The molecule has 0 saturated carbocycles. The van der Waals surface area contributed by atoms with Gasteiger partial charge in [-0.05, 0) is 12.5 Å². The molecule has 0 aliphatic heterocycles. The van der Waals surface area contributed by atoms with Gasteiger partial charge >= 0.3 is 0 Å². The molecular weight excluding hydrogens is 190 g/mol. The van der Waals surface area contributed by atoms with E-state index in [9.17, 15) is 0 Å². The van der Waals surface area contributed by atoms with E-state index in [1.54, 1.807) is 7.11 Å². The minimum absolute atomic E-state index is 0.154. The van der Waals surface area contributed by atoms with Crippen molar-refractivity contribution >= 4 is 0 Å². The zero-order chi connectivity index (χ0) is 10.9. The third-order valence-electron chi connectivity index (χ3n) is 2.10. The zero-order valence-electron chi connectivity index (χ0n) is 9.40. The lowest BCUT2D eigenvalue weighted by atomic mass is 10.2. The first-order valence-corrected chi connectivity index (χ1v) is 5.26. The molecule has 0 aliphatic carbocycles. The predicted octanol–water partition coefficient (Wildman–Crippen LogP) is 1.79. The van der Waals surface area contributed by atoms with E-state index >= 15 is 0 Å². The lowest BCUT2D eigenvalue weighted by Gasteiger charge is -2.15. The number of hydrogen-bond donors (Lipinski definition) is 1. The minimum Gasteiger partial charge on any atom is -0.355 e. The highest BCUT2D eigenvalue weighted by Crippen LogP contribution is 1.98. The maximum absolute atomic E-state index is 5.34. The first-order chi connectivity index (χ1) is 7.36. The molecule has 1 atom stereocenters. The fourth-order valence-corrected chi connectivity index (χ4v) is 1.33. The molecule has 3 heteroatoms. The van der Waals surface area contributed by atoms with Gasteiger partial charge in [0.15, 0.2) is 6.29 Å². The molecule has 84 valence electrons. The summed E-state index contributed by atoms with van der Waals surface area (Å²) in [7, 11) is 1.66. The van der Waals surface area contributed by atoms with Crippen molar-refractivity contribution in [3.05, 3.63) is 35.9 Å². The van der Waals surface area contributed by atoms with Crippen LogP contribution in [0.4, 0.5) is 0 Å². The Hall–Kier alpha value is -0.900. The fourth-order valence-electron chi connectivity index (χ4n) is 1.33. The van der Waals surface area contributed by atoms with Crippen molar-refractivity contribution in [1.82, 2.24) is 5.32 Å². The Morgan fingerprint density at radius 1 is 1.27 bits per heavy atom. The van der Waals surface area contributed by atoms with Crippen molar-refractivity contribution in [2.45, 2.75) is 19.8 Å². The Morgan fingerprint density at radius 2 is 2.00 bits per heavy atom. The van der Waals surface area contributed by atoms with Crippen LogP contribution in [-0.2, 0) is 16.0 Å². The van der Waals surface area contributed by atoms with Crippen LogP contribution in [0.3, 0.4) is 0 Å². The van der Waals surface area contributed by atoms with Crippen molar-refractivity contribution in [2.24, 2.45) is 0 Å². The van der Waals surface area contributed by atoms with Gasteiger partial charge < -0.3 is 14.8 Å². The molecule has 1 aromatic carbocycles. The quantitative estimate of drug-likeness (QED) is 0.694. The van der Waals surface area contributed by atoms with Gasteiger partial charge in [0, 0.05) is 26.8 Å². The molecule has 3 nitrogen and oxygen atoms in total. The highest BCUT2D eigenvalue weighted by Gasteiger charge is 2.04. The Labute approximate surface area is 91.4 Å². The van der Waals surface area contributed by atoms with E-state index in [1.807, 2.05) is 25.1 Å². The summed E-state index contributed by atoms with van der Waals surface area (Å²) in [6.45, 7) is 4.18. The van der Waals surface area contributed by atoms with E-state index in [0.717, 1.165) is 6.54 Å². The average Bonchev–Trinajstić information content (AvgIpc) is 2.29. The van der Waals surface area contributed by atoms with Crippen LogP contribution >= 0.6 is 0 Å². The van der Waals surface area contributed by atoms with Crippen LogP contribution in [0.15, 0.2) is 30.3 Å². The molecular formula is C12H19NO2. The summed E-state index contributed by atoms with van der Waals surface area (Å²) in [6, 6.07) is 10.3. The molecule has 0 saturated heterocycles. The molecule has 0 amide bonds. The Morgan fingerprint density at radius 3 is 2.60 bits per heavy atom. The fraction of sp³-hybridized carbons (Fsp3) is 0.500. The van der Waals surface area contributed by atoms with Gasteiger partial charge in [0.05, 0.1) is 0 Å². The highest BCUT2D eigenvalue weighted by molar-refractivity contribution is 5.14. The first-order valence-electron chi connectivity index (χ1n) is 5.26. The second-order valence-corrected chi connectivity index (χ2v) is 3.24. The van der Waals surface area contributed by atoms with Gasteiger partial charge in [-0.2, -0.15) is 0 Å². The molecule has 15 heavy (non-hydrogen) atoms. The van der Waals surface area contributed by atoms with E-state index in [2.05, 4.69) is 17.4 Å². The first kappa shape index (κ1) is 12.2. The van der Waals surface area contributed by atoms with Gasteiger partial charge in [0.2, 0.25) is 0 Å². The van der Waals surface area contributed by atoms with Gasteiger partial charge in [0.1, 0.15) is 0 Å². The topological polar surface area (TPSA) is 30.5 Å². The summed E-state index contributed by atoms with van der Waals surface area (Å²) in [5.41, 5.74) is 1.27. The summed E-state index contributed by atoms with van der Waals surface area (Å²) < 4.78 is 10.5. The van der Waals surface area contributed by atoms with Crippen LogP contribution in [-0.4, -0.2) is 26.6 Å². The smallest absolute Gasteiger partial charge is 0.169 e. The molecule has 1 N–H and O–H groups in total. The van der Waals surface area contributed by atoms with E-state index in [4.69, 9.17) is 9.47 Å². The van der Waals surface area contributed by atoms with Crippen molar-refractivity contribution in [2.75, 3.05) is 20.3 Å². The summed E-state index contributed by atoms with van der Waals surface area (Å²) in [4.78, 5) is 0. The molecule has 1 unspecified atom stereocenters. The molecule has 0 bridgehead atoms. The number of nitrogens with one attached hydrogen (secondary N) is 1. The minimum atomic E-state index is -0.154. The standard InChI is InChI=1S/C12H19NO2/c1-3-15-12(14-2)10-13-9-11-7-5-4-6-8-11/h4-8,12-13H,3,9-10H2,1-2H3. The summed E-state index contributed by atoms with van der Waals surface area (Å²) in [5.74, 6) is 0. The monoisotopic (exact) mass is 209 g/mol. The molecule has 1 rings (SSSR count). The van der Waals surface area contributed by atoms with Gasteiger partial charge in [0.25, 0.3) is 0 Å². The van der Waals surface area contributed by atoms with Crippen molar-refractivity contribution in [3.8, 4) is 0 Å². The predicted molar refractivity (Wildman–Crippen MR) is 60.6 cm³/mol. The molecule has 0 fully saturated rings. The average molecular weight is 209 g/mol. The lowest BCUT2D eigenvalue weighted by molar-refractivity contribution is -0.117. The number of ether oxygens (including phenoxy) is 2. The molecule has 0 aromatic heterocycles. The van der Waals surface area contributed by atoms with Crippen LogP contribution in [0.5, 0.6) is 0 Å². The van der Waals surface area contributed by atoms with E-state index in [1.165, 1.54) is 5.56 Å². The van der Waals surface area contributed by atoms with Gasteiger partial charge in [-0.3, -0.25) is 0 Å². The Kier molecular flexibility index (Phi) is 6.00. The van der Waals surface area contributed by atoms with Crippen LogP contribution in [0.2, 0.25) is 0 Å². The van der Waals surface area contributed by atoms with Crippen LogP contribution < -0.4 is 5.32 Å². The largest absolute Gasteiger partial charge is 0.355 e. The van der Waals surface area contributed by atoms with Crippen LogP contribution in [0, 0.1) is 0 Å². The van der Waals surface area contributed by atoms with Gasteiger partial charge in [-0.1, -0.05) is 30.3 Å². The van der Waals surface area contributed by atoms with Crippen LogP contribution in [0.25, 0.3) is 0 Å². The number of benzene rings is 1. The summed E-state index contributed by atoms with van der Waals surface area (Å²) >= 11 is 0. The molecule has 0 radical (unpaired) electrons. The number of hydrogen-bond acceptors (Lipinski definition) is 3. The lowest BCUT2D eigenvalue weighted by Crippen LogP contribution is -2.30. The van der Waals surface area contributed by atoms with Crippen molar-refractivity contribution in [3.63, 3.8) is 0 Å². The summed E-state index contributed by atoms with van der Waals surface area (Å²) in [6.07, 6.45) is -0.154. The van der Waals surface area contributed by atoms with Gasteiger partial charge in [-0.25, -0.2) is 0 Å². The van der Waals surface area contributed by atoms with Crippen LogP contribution in [0.1, 0.15) is 12.5 Å². The van der Waals surface area contributed by atoms with E-state index in [0.29, 0.717) is 13.2 Å². The Bertz CT molecular complexity index is 251. The highest BCUT2D eigenvalue weighted by atomic mass is 16.7. The maximum Gasteiger partial charge on any atom is 0.169 e. The normalized spacial score (nSPS) is 12.7. The number of rotatable bonds is 7. The number of methoxy groups -OCH3 is 1. The molecule has 1 aromatic rings. The molecule has 0 aliphatic rings. The SMILES string of the molecule is CCOC(CNCc1ccccc1)OC. The Balaban J connectivity index is 2.20. The molecule has 0 heterocycles. The third-order valence-corrected chi connectivity index (χ3v) is 2.10. The zero-order valence-corrected chi connectivity index (χ0v) is 9.40. The maximum atomic E-state index is 5.34. The van der Waals surface area contributed by atoms with Crippen molar-refractivity contribution in [1.29, 1.82) is 0 Å². The van der Waals surface area contributed by atoms with E-state index in [-0.39, 0.29) is 6.29 Å². The van der Waals surface area contributed by atoms with E-state index < -0.39 is 0 Å². The second-order valence-electron chi connectivity index (χ2n) is 3.24. The van der Waals surface area contributed by atoms with Gasteiger partial charge in [-0.15, -0.1) is 0 Å². The van der Waals surface area contributed by atoms with Crippen molar-refractivity contribution < 1.29 is 9.47 Å². The molecule has 0 spiro atoms.